The SMILES string of the molecule is COC(=O)[C@H](C)NP(=O)(Oc1ccccc1)N1CCC(NC(=O)c2[nH]ncc2CC(=O)c2c(Cl)cccc2Cl)CC1. The number of amides is 1. The summed E-state index contributed by atoms with van der Waals surface area (Å²) in [5.74, 6) is -0.952. The Balaban J connectivity index is 1.40. The number of ketones is 1. The molecule has 1 fully saturated rings. The molecule has 14 heteroatoms. The Morgan fingerprint density at radius 3 is 2.39 bits per heavy atom. The fourth-order valence-electron chi connectivity index (χ4n) is 4.46. The highest BCUT2D eigenvalue weighted by atomic mass is 35.5. The van der Waals surface area contributed by atoms with Crippen LogP contribution in [0.15, 0.2) is 54.7 Å². The van der Waals surface area contributed by atoms with Gasteiger partial charge in [0.15, 0.2) is 5.78 Å². The number of rotatable bonds is 11. The highest BCUT2D eigenvalue weighted by Crippen LogP contribution is 2.48. The van der Waals surface area contributed by atoms with E-state index in [4.69, 9.17) is 32.5 Å². The standard InChI is InChI=1S/C27H30Cl2N5O6P/c1-17(27(37)39-2)33-41(38,40-20-7-4-3-5-8-20)34-13-11-19(12-14-34)31-26(36)25-18(16-30-32-25)15-23(35)24-21(28)9-6-10-22(24)29/h3-10,16-17,19H,11-15H2,1-2H3,(H,30,32)(H,31,36)(H,33,38)/t17-,41?/m0/s1. The van der Waals surface area contributed by atoms with Crippen LogP contribution in [0.3, 0.4) is 0 Å². The zero-order valence-electron chi connectivity index (χ0n) is 22.4. The summed E-state index contributed by atoms with van der Waals surface area (Å²) in [5.41, 5.74) is 0.756. The number of benzene rings is 2. The van der Waals surface area contributed by atoms with Gasteiger partial charge in [0.05, 0.1) is 28.9 Å². The second-order valence-electron chi connectivity index (χ2n) is 9.47. The molecule has 0 radical (unpaired) electrons. The molecule has 3 N–H and O–H groups in total. The lowest BCUT2D eigenvalue weighted by atomic mass is 10.0. The van der Waals surface area contributed by atoms with Crippen LogP contribution >= 0.6 is 30.9 Å². The summed E-state index contributed by atoms with van der Waals surface area (Å²) in [6.07, 6.45) is 2.22. The molecule has 1 aromatic heterocycles. The van der Waals surface area contributed by atoms with E-state index in [2.05, 4.69) is 20.6 Å². The Bertz CT molecular complexity index is 1420. The first kappa shape index (κ1) is 30.7. The zero-order chi connectivity index (χ0) is 29.6. The van der Waals surface area contributed by atoms with Crippen molar-refractivity contribution in [3.63, 3.8) is 0 Å². The number of piperidine rings is 1. The van der Waals surface area contributed by atoms with Crippen LogP contribution in [0.1, 0.15) is 46.2 Å². The first-order chi connectivity index (χ1) is 19.6. The number of nitrogens with one attached hydrogen (secondary N) is 3. The van der Waals surface area contributed by atoms with E-state index >= 15 is 0 Å². The van der Waals surface area contributed by atoms with Crippen LogP contribution in [-0.2, 0) is 20.5 Å². The molecule has 41 heavy (non-hydrogen) atoms. The van der Waals surface area contributed by atoms with Crippen molar-refractivity contribution in [1.82, 2.24) is 25.3 Å². The van der Waals surface area contributed by atoms with Gasteiger partial charge in [-0.1, -0.05) is 47.5 Å². The van der Waals surface area contributed by atoms with E-state index in [-0.39, 0.29) is 39.5 Å². The van der Waals surface area contributed by atoms with Gasteiger partial charge in [0, 0.05) is 31.1 Å². The molecule has 0 spiro atoms. The maximum Gasteiger partial charge on any atom is 0.393 e. The molecule has 1 unspecified atom stereocenters. The fraction of sp³-hybridized carbons (Fsp3) is 0.333. The van der Waals surface area contributed by atoms with Crippen molar-refractivity contribution in [3.05, 3.63) is 81.6 Å². The van der Waals surface area contributed by atoms with E-state index in [0.717, 1.165) is 0 Å². The molecule has 1 amide bonds. The number of ether oxygens (including phenoxy) is 1. The summed E-state index contributed by atoms with van der Waals surface area (Å²) in [4.78, 5) is 38.1. The van der Waals surface area contributed by atoms with Crippen molar-refractivity contribution in [2.24, 2.45) is 0 Å². The van der Waals surface area contributed by atoms with Crippen LogP contribution < -0.4 is 14.9 Å². The summed E-state index contributed by atoms with van der Waals surface area (Å²) in [7, 11) is -2.46. The molecule has 1 saturated heterocycles. The number of methoxy groups -OCH3 is 1. The largest absolute Gasteiger partial charge is 0.468 e. The quantitative estimate of drug-likeness (QED) is 0.158. The molecule has 218 valence electrons. The number of carbonyl (C=O) groups is 3. The van der Waals surface area contributed by atoms with Gasteiger partial charge in [-0.2, -0.15) is 5.10 Å². The van der Waals surface area contributed by atoms with Crippen LogP contribution in [-0.4, -0.2) is 64.8 Å². The third kappa shape index (κ3) is 7.55. The van der Waals surface area contributed by atoms with Gasteiger partial charge in [0.1, 0.15) is 17.5 Å². The van der Waals surface area contributed by atoms with E-state index in [0.29, 0.717) is 37.2 Å². The molecule has 2 atom stereocenters. The number of aromatic nitrogens is 2. The molecule has 1 aliphatic heterocycles. The summed E-state index contributed by atoms with van der Waals surface area (Å²) < 4.78 is 26.4. The van der Waals surface area contributed by atoms with Crippen molar-refractivity contribution < 1.29 is 28.2 Å². The minimum Gasteiger partial charge on any atom is -0.468 e. The lowest BCUT2D eigenvalue weighted by Crippen LogP contribution is -2.47. The Morgan fingerprint density at radius 2 is 1.76 bits per heavy atom. The number of aromatic amines is 1. The molecule has 4 rings (SSSR count). The number of para-hydroxylation sites is 1. The third-order valence-corrected chi connectivity index (χ3v) is 9.55. The molecule has 0 bridgehead atoms. The number of halogens is 2. The summed E-state index contributed by atoms with van der Waals surface area (Å²) in [6, 6.07) is 12.3. The smallest absolute Gasteiger partial charge is 0.393 e. The maximum absolute atomic E-state index is 14.0. The molecule has 2 aromatic carbocycles. The lowest BCUT2D eigenvalue weighted by Gasteiger charge is -2.37. The number of nitrogens with zero attached hydrogens (tertiary/aromatic N) is 2. The maximum atomic E-state index is 14.0. The van der Waals surface area contributed by atoms with Crippen LogP contribution in [0.4, 0.5) is 0 Å². The van der Waals surface area contributed by atoms with Gasteiger partial charge in [-0.3, -0.25) is 19.5 Å². The van der Waals surface area contributed by atoms with Crippen LogP contribution in [0.2, 0.25) is 10.0 Å². The average Bonchev–Trinajstić information content (AvgIpc) is 3.41. The number of hydrogen-bond acceptors (Lipinski definition) is 7. The molecule has 0 saturated carbocycles. The van der Waals surface area contributed by atoms with Crippen LogP contribution in [0.5, 0.6) is 5.75 Å². The highest BCUT2D eigenvalue weighted by Gasteiger charge is 2.39. The van der Waals surface area contributed by atoms with E-state index in [1.165, 1.54) is 13.3 Å². The first-order valence-electron chi connectivity index (χ1n) is 12.9. The topological polar surface area (TPSA) is 143 Å². The normalized spacial score (nSPS) is 16.4. The Morgan fingerprint density at radius 1 is 1.10 bits per heavy atom. The molecule has 2 heterocycles. The van der Waals surface area contributed by atoms with Crippen LogP contribution in [0, 0.1) is 0 Å². The number of Topliss-reactive ketones (excluding diaryl/α,β-unsaturated/α-hetero) is 1. The Labute approximate surface area is 247 Å². The van der Waals surface area contributed by atoms with Gasteiger partial charge in [-0.05, 0) is 44.0 Å². The van der Waals surface area contributed by atoms with Crippen LogP contribution in [0.25, 0.3) is 0 Å². The number of carbonyl (C=O) groups excluding carboxylic acids is 3. The Kier molecular flexibility index (Phi) is 10.2. The fourth-order valence-corrected chi connectivity index (χ4v) is 7.16. The minimum absolute atomic E-state index is 0.120. The number of esters is 1. The lowest BCUT2D eigenvalue weighted by molar-refractivity contribution is -0.142. The second-order valence-corrected chi connectivity index (χ2v) is 12.3. The second kappa shape index (κ2) is 13.6. The Hall–Kier alpha value is -3.21. The van der Waals surface area contributed by atoms with E-state index in [9.17, 15) is 18.9 Å². The molecule has 1 aliphatic rings. The zero-order valence-corrected chi connectivity index (χ0v) is 24.8. The summed E-state index contributed by atoms with van der Waals surface area (Å²) in [5, 5.41) is 12.9. The van der Waals surface area contributed by atoms with E-state index < -0.39 is 25.6 Å². The molecular weight excluding hydrogens is 592 g/mol. The van der Waals surface area contributed by atoms with Crippen molar-refractivity contribution >= 4 is 48.5 Å². The van der Waals surface area contributed by atoms with E-state index in [1.807, 2.05) is 6.07 Å². The third-order valence-electron chi connectivity index (χ3n) is 6.60. The molecular formula is C27H30Cl2N5O6P. The van der Waals surface area contributed by atoms with Gasteiger partial charge in [-0.15, -0.1) is 0 Å². The van der Waals surface area contributed by atoms with E-state index in [1.54, 1.807) is 54.1 Å². The van der Waals surface area contributed by atoms with Crippen molar-refractivity contribution in [2.75, 3.05) is 20.2 Å². The summed E-state index contributed by atoms with van der Waals surface area (Å²) in [6.45, 7) is 2.18. The van der Waals surface area contributed by atoms with Crippen molar-refractivity contribution in [3.8, 4) is 5.75 Å². The number of H-pyrrole nitrogens is 1. The van der Waals surface area contributed by atoms with Gasteiger partial charge in [-0.25, -0.2) is 14.3 Å². The van der Waals surface area contributed by atoms with Gasteiger partial charge >= 0.3 is 13.6 Å². The number of hydrogen-bond donors (Lipinski definition) is 3. The molecule has 3 aromatic rings. The molecule has 0 aliphatic carbocycles. The average molecular weight is 622 g/mol. The molecule has 11 nitrogen and oxygen atoms in total. The highest BCUT2D eigenvalue weighted by molar-refractivity contribution is 7.54. The monoisotopic (exact) mass is 621 g/mol. The van der Waals surface area contributed by atoms with Gasteiger partial charge in [0.2, 0.25) is 0 Å². The van der Waals surface area contributed by atoms with Crippen molar-refractivity contribution in [1.29, 1.82) is 0 Å². The predicted octanol–water partition coefficient (Wildman–Crippen LogP) is 4.67. The van der Waals surface area contributed by atoms with Gasteiger partial charge in [0.25, 0.3) is 5.91 Å². The predicted molar refractivity (Wildman–Crippen MR) is 154 cm³/mol. The van der Waals surface area contributed by atoms with Crippen molar-refractivity contribution in [2.45, 2.75) is 38.3 Å². The first-order valence-corrected chi connectivity index (χ1v) is 15.2. The summed E-state index contributed by atoms with van der Waals surface area (Å²) >= 11 is 12.3. The minimum atomic E-state index is -3.72. The van der Waals surface area contributed by atoms with Gasteiger partial charge < -0.3 is 14.6 Å².